The zero-order valence-corrected chi connectivity index (χ0v) is 16.7. The first-order valence-electron chi connectivity index (χ1n) is 8.81. The van der Waals surface area contributed by atoms with Crippen LogP contribution in [0.1, 0.15) is 32.2 Å². The third-order valence-electron chi connectivity index (χ3n) is 4.28. The molecule has 1 aromatic heterocycles. The summed E-state index contributed by atoms with van der Waals surface area (Å²) in [6, 6.07) is 15.8. The molecule has 0 aliphatic carbocycles. The van der Waals surface area contributed by atoms with E-state index in [4.69, 9.17) is 4.42 Å². The van der Waals surface area contributed by atoms with Gasteiger partial charge in [0.15, 0.2) is 15.6 Å². The van der Waals surface area contributed by atoms with E-state index >= 15 is 0 Å². The van der Waals surface area contributed by atoms with Crippen LogP contribution in [0.2, 0.25) is 0 Å². The lowest BCUT2D eigenvalue weighted by Gasteiger charge is -2.09. The van der Waals surface area contributed by atoms with E-state index in [1.807, 2.05) is 0 Å². The first-order chi connectivity index (χ1) is 13.8. The Hall–Kier alpha value is -3.39. The van der Waals surface area contributed by atoms with Crippen molar-refractivity contribution in [2.24, 2.45) is 0 Å². The molecule has 29 heavy (non-hydrogen) atoms. The standard InChI is InChI=1S/C21H20N2O5S/c1-14-12-15(20(24)22-2)8-10-18(14)23-21(25)19-11-9-16(28-19)13-29(26,27)17-6-4-3-5-7-17/h3-12H,13H2,1-2H3,(H,22,24)(H,23,25). The molecule has 0 aliphatic rings. The number of benzene rings is 2. The summed E-state index contributed by atoms with van der Waals surface area (Å²) < 4.78 is 30.3. The average Bonchev–Trinajstić information content (AvgIpc) is 3.17. The summed E-state index contributed by atoms with van der Waals surface area (Å²) in [5, 5.41) is 5.24. The molecule has 0 unspecified atom stereocenters. The third-order valence-corrected chi connectivity index (χ3v) is 5.94. The molecule has 2 amide bonds. The zero-order valence-electron chi connectivity index (χ0n) is 15.9. The van der Waals surface area contributed by atoms with Crippen molar-refractivity contribution in [1.82, 2.24) is 5.32 Å². The number of rotatable bonds is 6. The molecule has 0 spiro atoms. The molecule has 0 saturated heterocycles. The van der Waals surface area contributed by atoms with Gasteiger partial charge in [0.1, 0.15) is 11.5 Å². The van der Waals surface area contributed by atoms with Crippen molar-refractivity contribution in [3.63, 3.8) is 0 Å². The topological polar surface area (TPSA) is 105 Å². The summed E-state index contributed by atoms with van der Waals surface area (Å²) in [4.78, 5) is 24.3. The fourth-order valence-electron chi connectivity index (χ4n) is 2.75. The maximum absolute atomic E-state index is 12.5. The number of hydrogen-bond acceptors (Lipinski definition) is 5. The highest BCUT2D eigenvalue weighted by Crippen LogP contribution is 2.21. The van der Waals surface area contributed by atoms with E-state index in [1.165, 1.54) is 24.3 Å². The zero-order chi connectivity index (χ0) is 21.0. The molecule has 0 radical (unpaired) electrons. The minimum Gasteiger partial charge on any atom is -0.455 e. The van der Waals surface area contributed by atoms with Gasteiger partial charge in [-0.15, -0.1) is 0 Å². The van der Waals surface area contributed by atoms with Gasteiger partial charge in [-0.25, -0.2) is 8.42 Å². The molecule has 2 aromatic carbocycles. The Bertz CT molecular complexity index is 1150. The summed E-state index contributed by atoms with van der Waals surface area (Å²) in [5.74, 6) is -0.904. The molecule has 0 atom stereocenters. The van der Waals surface area contributed by atoms with Gasteiger partial charge in [-0.3, -0.25) is 9.59 Å². The SMILES string of the molecule is CNC(=O)c1ccc(NC(=O)c2ccc(CS(=O)(=O)c3ccccc3)o2)c(C)c1. The second-order valence-electron chi connectivity index (χ2n) is 6.40. The lowest BCUT2D eigenvalue weighted by Crippen LogP contribution is -2.18. The first-order valence-corrected chi connectivity index (χ1v) is 10.5. The van der Waals surface area contributed by atoms with E-state index in [-0.39, 0.29) is 28.1 Å². The molecule has 7 nitrogen and oxygen atoms in total. The number of carbonyl (C=O) groups excluding carboxylic acids is 2. The highest BCUT2D eigenvalue weighted by Gasteiger charge is 2.19. The van der Waals surface area contributed by atoms with Gasteiger partial charge in [0, 0.05) is 18.3 Å². The molecule has 2 N–H and O–H groups in total. The minimum atomic E-state index is -3.57. The van der Waals surface area contributed by atoms with Crippen LogP contribution in [-0.4, -0.2) is 27.3 Å². The minimum absolute atomic E-state index is 0.00182. The van der Waals surface area contributed by atoms with Crippen molar-refractivity contribution in [2.45, 2.75) is 17.6 Å². The van der Waals surface area contributed by atoms with Crippen LogP contribution >= 0.6 is 0 Å². The summed E-state index contributed by atoms with van der Waals surface area (Å²) in [5.41, 5.74) is 1.71. The van der Waals surface area contributed by atoms with Crippen LogP contribution in [0.3, 0.4) is 0 Å². The number of anilines is 1. The maximum atomic E-state index is 12.5. The third kappa shape index (κ3) is 4.72. The molecule has 0 fully saturated rings. The number of amides is 2. The van der Waals surface area contributed by atoms with Gasteiger partial charge in [-0.1, -0.05) is 18.2 Å². The van der Waals surface area contributed by atoms with Crippen molar-refractivity contribution in [2.75, 3.05) is 12.4 Å². The Morgan fingerprint density at radius 1 is 0.966 bits per heavy atom. The van der Waals surface area contributed by atoms with Gasteiger partial charge >= 0.3 is 0 Å². The molecular weight excluding hydrogens is 392 g/mol. The van der Waals surface area contributed by atoms with Gasteiger partial charge in [0.05, 0.1) is 4.90 Å². The molecular formula is C21H20N2O5S. The predicted molar refractivity (Wildman–Crippen MR) is 109 cm³/mol. The van der Waals surface area contributed by atoms with Crippen LogP contribution in [0, 0.1) is 6.92 Å². The monoisotopic (exact) mass is 412 g/mol. The first kappa shape index (κ1) is 20.3. The summed E-state index contributed by atoms with van der Waals surface area (Å²) in [6.07, 6.45) is 0. The Morgan fingerprint density at radius 2 is 1.69 bits per heavy atom. The number of aryl methyl sites for hydroxylation is 1. The molecule has 0 saturated carbocycles. The van der Waals surface area contributed by atoms with Crippen molar-refractivity contribution in [3.8, 4) is 0 Å². The number of furan rings is 1. The van der Waals surface area contributed by atoms with Gasteiger partial charge in [-0.2, -0.15) is 0 Å². The van der Waals surface area contributed by atoms with Crippen molar-refractivity contribution in [1.29, 1.82) is 0 Å². The number of carbonyl (C=O) groups is 2. The van der Waals surface area contributed by atoms with Gasteiger partial charge < -0.3 is 15.1 Å². The lowest BCUT2D eigenvalue weighted by molar-refractivity contribution is 0.0962. The Labute approximate surface area is 168 Å². The Morgan fingerprint density at radius 3 is 2.34 bits per heavy atom. The molecule has 150 valence electrons. The smallest absolute Gasteiger partial charge is 0.291 e. The van der Waals surface area contributed by atoms with Crippen LogP contribution in [0.25, 0.3) is 0 Å². The van der Waals surface area contributed by atoms with Crippen LogP contribution in [0.4, 0.5) is 5.69 Å². The van der Waals surface area contributed by atoms with E-state index < -0.39 is 15.7 Å². The number of hydrogen-bond donors (Lipinski definition) is 2. The van der Waals surface area contributed by atoms with Crippen molar-refractivity contribution < 1.29 is 22.4 Å². The summed E-state index contributed by atoms with van der Waals surface area (Å²) in [6.45, 7) is 1.77. The van der Waals surface area contributed by atoms with E-state index in [9.17, 15) is 18.0 Å². The number of nitrogens with one attached hydrogen (secondary N) is 2. The van der Waals surface area contributed by atoms with Crippen LogP contribution in [-0.2, 0) is 15.6 Å². The van der Waals surface area contributed by atoms with Crippen molar-refractivity contribution >= 4 is 27.3 Å². The highest BCUT2D eigenvalue weighted by atomic mass is 32.2. The molecule has 0 bridgehead atoms. The molecule has 3 aromatic rings. The van der Waals surface area contributed by atoms with E-state index in [2.05, 4.69) is 10.6 Å². The summed E-state index contributed by atoms with van der Waals surface area (Å²) >= 11 is 0. The van der Waals surface area contributed by atoms with Crippen LogP contribution in [0.15, 0.2) is 70.0 Å². The quantitative estimate of drug-likeness (QED) is 0.647. The normalized spacial score (nSPS) is 11.1. The maximum Gasteiger partial charge on any atom is 0.291 e. The highest BCUT2D eigenvalue weighted by molar-refractivity contribution is 7.90. The predicted octanol–water partition coefficient (Wildman–Crippen LogP) is 3.17. The van der Waals surface area contributed by atoms with Crippen LogP contribution < -0.4 is 10.6 Å². The summed E-state index contributed by atoms with van der Waals surface area (Å²) in [7, 11) is -2.03. The largest absolute Gasteiger partial charge is 0.455 e. The fraction of sp³-hybridized carbons (Fsp3) is 0.143. The molecule has 1 heterocycles. The Kier molecular flexibility index (Phi) is 5.84. The second kappa shape index (κ2) is 8.32. The van der Waals surface area contributed by atoms with E-state index in [1.54, 1.807) is 50.4 Å². The molecule has 3 rings (SSSR count). The lowest BCUT2D eigenvalue weighted by atomic mass is 10.1. The van der Waals surface area contributed by atoms with Gasteiger partial charge in [0.25, 0.3) is 11.8 Å². The van der Waals surface area contributed by atoms with E-state index in [0.29, 0.717) is 16.8 Å². The molecule has 8 heteroatoms. The number of sulfone groups is 1. The Balaban J connectivity index is 1.72. The van der Waals surface area contributed by atoms with E-state index in [0.717, 1.165) is 0 Å². The average molecular weight is 412 g/mol. The van der Waals surface area contributed by atoms with Crippen LogP contribution in [0.5, 0.6) is 0 Å². The fourth-order valence-corrected chi connectivity index (χ4v) is 4.02. The van der Waals surface area contributed by atoms with Gasteiger partial charge in [0.2, 0.25) is 0 Å². The van der Waals surface area contributed by atoms with Crippen molar-refractivity contribution in [3.05, 3.63) is 83.3 Å². The van der Waals surface area contributed by atoms with Gasteiger partial charge in [-0.05, 0) is 55.0 Å². The second-order valence-corrected chi connectivity index (χ2v) is 8.39. The molecule has 0 aliphatic heterocycles.